The highest BCUT2D eigenvalue weighted by Crippen LogP contribution is 2.17. The Balaban J connectivity index is 1.88. The number of nitrogen functional groups attached to an aromatic ring is 1. The average Bonchev–Trinajstić information content (AvgIpc) is 2.90. The first-order valence-corrected chi connectivity index (χ1v) is 8.78. The summed E-state index contributed by atoms with van der Waals surface area (Å²) in [5.74, 6) is 7.54. The van der Waals surface area contributed by atoms with E-state index >= 15 is 0 Å². The molecule has 2 aromatic rings. The molecule has 8 nitrogen and oxygen atoms in total. The topological polar surface area (TPSA) is 107 Å². The minimum absolute atomic E-state index is 0.0709. The van der Waals surface area contributed by atoms with Gasteiger partial charge < -0.3 is 21.2 Å². The van der Waals surface area contributed by atoms with E-state index in [2.05, 4.69) is 20.8 Å². The van der Waals surface area contributed by atoms with E-state index in [0.29, 0.717) is 17.5 Å². The van der Waals surface area contributed by atoms with Crippen LogP contribution >= 0.6 is 11.8 Å². The molecule has 0 unspecified atom stereocenters. The highest BCUT2D eigenvalue weighted by molar-refractivity contribution is 7.99. The lowest BCUT2D eigenvalue weighted by atomic mass is 10.1. The molecule has 2 rings (SSSR count). The SMILES string of the molecule is COc1ccc(NCc2nnc(SCC(=O)NC(C)(C)C)n2N)cc1. The summed E-state index contributed by atoms with van der Waals surface area (Å²) in [6, 6.07) is 7.54. The summed E-state index contributed by atoms with van der Waals surface area (Å²) in [5.41, 5.74) is 0.657. The van der Waals surface area contributed by atoms with Crippen molar-refractivity contribution in [2.45, 2.75) is 38.0 Å². The fourth-order valence-electron chi connectivity index (χ4n) is 2.00. The van der Waals surface area contributed by atoms with E-state index in [0.717, 1.165) is 11.4 Å². The van der Waals surface area contributed by atoms with Gasteiger partial charge in [0.05, 0.1) is 19.4 Å². The summed E-state index contributed by atoms with van der Waals surface area (Å²) in [6.45, 7) is 6.22. The van der Waals surface area contributed by atoms with E-state index in [4.69, 9.17) is 10.6 Å². The minimum Gasteiger partial charge on any atom is -0.497 e. The first kappa shape index (κ1) is 18.9. The molecule has 0 saturated heterocycles. The molecule has 0 aliphatic heterocycles. The molecule has 0 radical (unpaired) electrons. The van der Waals surface area contributed by atoms with Crippen molar-refractivity contribution in [3.63, 3.8) is 0 Å². The molecule has 4 N–H and O–H groups in total. The van der Waals surface area contributed by atoms with E-state index in [1.807, 2.05) is 45.0 Å². The summed E-state index contributed by atoms with van der Waals surface area (Å²) in [4.78, 5) is 11.9. The smallest absolute Gasteiger partial charge is 0.230 e. The Morgan fingerprint density at radius 2 is 1.96 bits per heavy atom. The number of hydrogen-bond donors (Lipinski definition) is 3. The molecule has 0 aliphatic rings. The Morgan fingerprint density at radius 1 is 1.28 bits per heavy atom. The van der Waals surface area contributed by atoms with Crippen molar-refractivity contribution in [2.24, 2.45) is 0 Å². The van der Waals surface area contributed by atoms with Gasteiger partial charge in [0, 0.05) is 11.2 Å². The van der Waals surface area contributed by atoms with E-state index in [1.165, 1.54) is 16.4 Å². The Labute approximate surface area is 151 Å². The second-order valence-corrected chi connectivity index (χ2v) is 7.38. The lowest BCUT2D eigenvalue weighted by Crippen LogP contribution is -2.41. The van der Waals surface area contributed by atoms with Gasteiger partial charge in [0.1, 0.15) is 5.75 Å². The molecular weight excluding hydrogens is 340 g/mol. The largest absolute Gasteiger partial charge is 0.497 e. The minimum atomic E-state index is -0.262. The zero-order valence-corrected chi connectivity index (χ0v) is 15.7. The molecule has 0 spiro atoms. The Kier molecular flexibility index (Phi) is 6.13. The van der Waals surface area contributed by atoms with E-state index in [-0.39, 0.29) is 17.2 Å². The van der Waals surface area contributed by atoms with Crippen molar-refractivity contribution in [1.82, 2.24) is 20.2 Å². The van der Waals surface area contributed by atoms with E-state index in [9.17, 15) is 4.79 Å². The molecular formula is C16H24N6O2S. The number of methoxy groups -OCH3 is 1. The summed E-state index contributed by atoms with van der Waals surface area (Å²) in [7, 11) is 1.63. The molecule has 0 saturated carbocycles. The summed E-state index contributed by atoms with van der Waals surface area (Å²) >= 11 is 1.25. The van der Waals surface area contributed by atoms with Crippen LogP contribution in [0.1, 0.15) is 26.6 Å². The van der Waals surface area contributed by atoms with Gasteiger partial charge in [0.25, 0.3) is 0 Å². The molecule has 9 heteroatoms. The second kappa shape index (κ2) is 8.11. The number of nitrogens with two attached hydrogens (primary N) is 1. The van der Waals surface area contributed by atoms with Gasteiger partial charge in [-0.2, -0.15) is 0 Å². The number of nitrogens with one attached hydrogen (secondary N) is 2. The number of carbonyl (C=O) groups is 1. The Hall–Kier alpha value is -2.42. The van der Waals surface area contributed by atoms with Gasteiger partial charge in [-0.05, 0) is 45.0 Å². The number of rotatable bonds is 7. The van der Waals surface area contributed by atoms with Gasteiger partial charge in [-0.25, -0.2) is 4.68 Å². The quantitative estimate of drug-likeness (QED) is 0.506. The maximum Gasteiger partial charge on any atom is 0.230 e. The summed E-state index contributed by atoms with van der Waals surface area (Å²) in [6.07, 6.45) is 0. The van der Waals surface area contributed by atoms with E-state index < -0.39 is 0 Å². The van der Waals surface area contributed by atoms with Gasteiger partial charge in [-0.1, -0.05) is 11.8 Å². The summed E-state index contributed by atoms with van der Waals surface area (Å²) in [5, 5.41) is 14.7. The Morgan fingerprint density at radius 3 is 2.56 bits per heavy atom. The molecule has 25 heavy (non-hydrogen) atoms. The maximum atomic E-state index is 11.9. The number of amides is 1. The monoisotopic (exact) mass is 364 g/mol. The molecule has 0 bridgehead atoms. The predicted molar refractivity (Wildman–Crippen MR) is 99.1 cm³/mol. The lowest BCUT2D eigenvalue weighted by Gasteiger charge is -2.20. The molecule has 0 atom stereocenters. The summed E-state index contributed by atoms with van der Waals surface area (Å²) < 4.78 is 6.52. The van der Waals surface area contributed by atoms with Crippen molar-refractivity contribution in [1.29, 1.82) is 0 Å². The highest BCUT2D eigenvalue weighted by atomic mass is 32.2. The molecule has 1 aromatic carbocycles. The molecule has 0 aliphatic carbocycles. The van der Waals surface area contributed by atoms with Crippen LogP contribution in [-0.4, -0.2) is 39.2 Å². The predicted octanol–water partition coefficient (Wildman–Crippen LogP) is 1.62. The lowest BCUT2D eigenvalue weighted by molar-refractivity contribution is -0.119. The van der Waals surface area contributed by atoms with Gasteiger partial charge in [0.15, 0.2) is 5.82 Å². The number of benzene rings is 1. The van der Waals surface area contributed by atoms with Gasteiger partial charge >= 0.3 is 0 Å². The van der Waals surface area contributed by atoms with Crippen LogP contribution in [0.5, 0.6) is 5.75 Å². The Bertz CT molecular complexity index is 708. The number of carbonyl (C=O) groups excluding carboxylic acids is 1. The van der Waals surface area contributed by atoms with Crippen molar-refractivity contribution in [3.05, 3.63) is 30.1 Å². The fourth-order valence-corrected chi connectivity index (χ4v) is 2.68. The van der Waals surface area contributed by atoms with Crippen LogP contribution in [0.4, 0.5) is 5.69 Å². The van der Waals surface area contributed by atoms with Crippen LogP contribution in [0, 0.1) is 0 Å². The van der Waals surface area contributed by atoms with Crippen molar-refractivity contribution in [2.75, 3.05) is 24.0 Å². The molecule has 0 fully saturated rings. The van der Waals surface area contributed by atoms with Gasteiger partial charge in [0.2, 0.25) is 11.1 Å². The number of aromatic nitrogens is 3. The average molecular weight is 364 g/mol. The van der Waals surface area contributed by atoms with Gasteiger partial charge in [-0.15, -0.1) is 10.2 Å². The standard InChI is InChI=1S/C16H24N6O2S/c1-16(2,3)19-14(23)10-25-15-21-20-13(22(15)17)9-18-11-5-7-12(24-4)8-6-11/h5-8,18H,9-10,17H2,1-4H3,(H,19,23). The van der Waals surface area contributed by atoms with Crippen LogP contribution in [0.3, 0.4) is 0 Å². The van der Waals surface area contributed by atoms with Crippen LogP contribution < -0.4 is 21.2 Å². The first-order chi connectivity index (χ1) is 11.8. The third-order valence-electron chi connectivity index (χ3n) is 3.12. The molecule has 1 heterocycles. The van der Waals surface area contributed by atoms with Crippen LogP contribution in [0.2, 0.25) is 0 Å². The van der Waals surface area contributed by atoms with E-state index in [1.54, 1.807) is 7.11 Å². The van der Waals surface area contributed by atoms with Crippen molar-refractivity contribution >= 4 is 23.4 Å². The van der Waals surface area contributed by atoms with Gasteiger partial charge in [-0.3, -0.25) is 4.79 Å². The third kappa shape index (κ3) is 5.86. The zero-order valence-electron chi connectivity index (χ0n) is 14.9. The number of ether oxygens (including phenoxy) is 1. The first-order valence-electron chi connectivity index (χ1n) is 7.79. The number of hydrogen-bond acceptors (Lipinski definition) is 7. The van der Waals surface area contributed by atoms with Crippen molar-refractivity contribution in [3.8, 4) is 5.75 Å². The fraction of sp³-hybridized carbons (Fsp3) is 0.438. The number of thioether (sulfide) groups is 1. The highest BCUT2D eigenvalue weighted by Gasteiger charge is 2.16. The molecule has 1 amide bonds. The number of nitrogens with zero attached hydrogens (tertiary/aromatic N) is 3. The normalized spacial score (nSPS) is 11.2. The van der Waals surface area contributed by atoms with Crippen LogP contribution in [0.25, 0.3) is 0 Å². The number of anilines is 1. The van der Waals surface area contributed by atoms with Crippen LogP contribution in [0.15, 0.2) is 29.4 Å². The maximum absolute atomic E-state index is 11.9. The third-order valence-corrected chi connectivity index (χ3v) is 4.07. The van der Waals surface area contributed by atoms with Crippen LogP contribution in [-0.2, 0) is 11.3 Å². The van der Waals surface area contributed by atoms with Crippen molar-refractivity contribution < 1.29 is 9.53 Å². The molecule has 136 valence electrons. The zero-order chi connectivity index (χ0) is 18.4. The second-order valence-electron chi connectivity index (χ2n) is 6.44. The molecule has 1 aromatic heterocycles.